The van der Waals surface area contributed by atoms with Crippen molar-refractivity contribution in [2.45, 2.75) is 0 Å². The molecule has 1 aliphatic heterocycles. The number of allylic oxidation sites excluding steroid dienone is 1. The fraction of sp³-hybridized carbons (Fsp3) is 0.100. The first-order valence-electron chi connectivity index (χ1n) is 4.17. The van der Waals surface area contributed by atoms with Crippen molar-refractivity contribution in [2.24, 2.45) is 5.73 Å². The van der Waals surface area contributed by atoms with Gasteiger partial charge in [-0.3, -0.25) is 4.98 Å². The molecule has 3 nitrogen and oxygen atoms in total. The van der Waals surface area contributed by atoms with Gasteiger partial charge in [0.05, 0.1) is 0 Å². The minimum atomic E-state index is 0.824. The highest BCUT2D eigenvalue weighted by molar-refractivity contribution is 5.50. The van der Waals surface area contributed by atoms with Crippen LogP contribution in [0.1, 0.15) is 0 Å². The van der Waals surface area contributed by atoms with Gasteiger partial charge in [0.2, 0.25) is 0 Å². The fourth-order valence-electron chi connectivity index (χ4n) is 1.24. The molecule has 0 saturated carbocycles. The molecule has 0 aromatic carbocycles. The second kappa shape index (κ2) is 3.31. The average Bonchev–Trinajstić information content (AvgIpc) is 2.20. The maximum absolute atomic E-state index is 5.61. The molecule has 1 aromatic rings. The lowest BCUT2D eigenvalue weighted by molar-refractivity contribution is 1.04. The highest BCUT2D eigenvalue weighted by Gasteiger charge is 2.03. The van der Waals surface area contributed by atoms with Gasteiger partial charge in [0.25, 0.3) is 0 Å². The summed E-state index contributed by atoms with van der Waals surface area (Å²) in [5.41, 5.74) is 7.57. The summed E-state index contributed by atoms with van der Waals surface area (Å²) in [6.07, 6.45) is 9.42. The molecule has 2 heterocycles. The summed E-state index contributed by atoms with van der Waals surface area (Å²) in [6.45, 7) is 0.826. The Kier molecular flexibility index (Phi) is 2.00. The molecule has 0 spiro atoms. The quantitative estimate of drug-likeness (QED) is 0.695. The molecule has 0 unspecified atom stereocenters. The third-order valence-electron chi connectivity index (χ3n) is 1.96. The van der Waals surface area contributed by atoms with Crippen molar-refractivity contribution in [1.29, 1.82) is 0 Å². The molecule has 0 fully saturated rings. The van der Waals surface area contributed by atoms with E-state index in [0.717, 1.165) is 17.9 Å². The summed E-state index contributed by atoms with van der Waals surface area (Å²) in [6, 6.07) is 3.94. The number of anilines is 1. The molecular weight excluding hydrogens is 162 g/mol. The molecule has 0 bridgehead atoms. The van der Waals surface area contributed by atoms with Gasteiger partial charge in [-0.05, 0) is 24.3 Å². The number of rotatable bonds is 1. The van der Waals surface area contributed by atoms with E-state index in [2.05, 4.69) is 9.88 Å². The predicted molar refractivity (Wildman–Crippen MR) is 53.0 cm³/mol. The van der Waals surface area contributed by atoms with Crippen LogP contribution in [0.2, 0.25) is 0 Å². The van der Waals surface area contributed by atoms with Crippen LogP contribution in [0, 0.1) is 0 Å². The third kappa shape index (κ3) is 1.69. The minimum absolute atomic E-state index is 0.824. The zero-order valence-corrected chi connectivity index (χ0v) is 7.22. The van der Waals surface area contributed by atoms with E-state index in [-0.39, 0.29) is 0 Å². The monoisotopic (exact) mass is 173 g/mol. The SMILES string of the molecule is NC1=CCN(c2ccncc2)C=C1. The number of aromatic nitrogens is 1. The average molecular weight is 173 g/mol. The van der Waals surface area contributed by atoms with Crippen LogP contribution in [0.25, 0.3) is 0 Å². The zero-order chi connectivity index (χ0) is 9.10. The number of pyridine rings is 1. The van der Waals surface area contributed by atoms with Gasteiger partial charge in [0.1, 0.15) is 0 Å². The van der Waals surface area contributed by atoms with Gasteiger partial charge >= 0.3 is 0 Å². The maximum Gasteiger partial charge on any atom is 0.0439 e. The minimum Gasteiger partial charge on any atom is -0.399 e. The van der Waals surface area contributed by atoms with Gasteiger partial charge in [-0.1, -0.05) is 0 Å². The third-order valence-corrected chi connectivity index (χ3v) is 1.96. The van der Waals surface area contributed by atoms with Crippen LogP contribution >= 0.6 is 0 Å². The van der Waals surface area contributed by atoms with Gasteiger partial charge in [-0.25, -0.2) is 0 Å². The fourth-order valence-corrected chi connectivity index (χ4v) is 1.24. The van der Waals surface area contributed by atoms with E-state index < -0.39 is 0 Å². The molecule has 2 N–H and O–H groups in total. The topological polar surface area (TPSA) is 42.1 Å². The lowest BCUT2D eigenvalue weighted by Crippen LogP contribution is -2.20. The zero-order valence-electron chi connectivity index (χ0n) is 7.22. The van der Waals surface area contributed by atoms with Crippen molar-refractivity contribution in [1.82, 2.24) is 4.98 Å². The van der Waals surface area contributed by atoms with E-state index in [1.165, 1.54) is 0 Å². The highest BCUT2D eigenvalue weighted by atomic mass is 15.1. The van der Waals surface area contributed by atoms with Crippen LogP contribution in [-0.4, -0.2) is 11.5 Å². The highest BCUT2D eigenvalue weighted by Crippen LogP contribution is 2.15. The lowest BCUT2D eigenvalue weighted by atomic mass is 10.2. The Labute approximate surface area is 77.2 Å². The van der Waals surface area contributed by atoms with Gasteiger partial charge in [-0.15, -0.1) is 0 Å². The molecule has 66 valence electrons. The maximum atomic E-state index is 5.61. The lowest BCUT2D eigenvalue weighted by Gasteiger charge is -2.21. The molecule has 0 saturated heterocycles. The largest absolute Gasteiger partial charge is 0.399 e. The smallest absolute Gasteiger partial charge is 0.0439 e. The molecule has 3 heteroatoms. The van der Waals surface area contributed by atoms with Crippen molar-refractivity contribution >= 4 is 5.69 Å². The Bertz CT molecular complexity index is 340. The van der Waals surface area contributed by atoms with E-state index in [1.807, 2.05) is 30.5 Å². The first kappa shape index (κ1) is 7.86. The van der Waals surface area contributed by atoms with Crippen molar-refractivity contribution in [2.75, 3.05) is 11.4 Å². The van der Waals surface area contributed by atoms with Crippen LogP contribution in [0.3, 0.4) is 0 Å². The molecule has 0 atom stereocenters. The first-order valence-corrected chi connectivity index (χ1v) is 4.17. The van der Waals surface area contributed by atoms with Crippen molar-refractivity contribution in [3.05, 3.63) is 48.6 Å². The Morgan fingerprint density at radius 1 is 1.31 bits per heavy atom. The standard InChI is InChI=1S/C10H11N3/c11-9-3-7-13(8-4-9)10-1-5-12-6-2-10/h1-7H,8,11H2. The molecule has 1 aromatic heterocycles. The predicted octanol–water partition coefficient (Wildman–Crippen LogP) is 1.26. The van der Waals surface area contributed by atoms with E-state index >= 15 is 0 Å². The van der Waals surface area contributed by atoms with Gasteiger partial charge in [-0.2, -0.15) is 0 Å². The summed E-state index contributed by atoms with van der Waals surface area (Å²) >= 11 is 0. The van der Waals surface area contributed by atoms with Crippen LogP contribution < -0.4 is 10.6 Å². The number of nitrogens with zero attached hydrogens (tertiary/aromatic N) is 2. The Balaban J connectivity index is 2.18. The van der Waals surface area contributed by atoms with Crippen LogP contribution in [0.15, 0.2) is 48.6 Å². The summed E-state index contributed by atoms with van der Waals surface area (Å²) in [4.78, 5) is 6.07. The normalized spacial score (nSPS) is 15.7. The second-order valence-corrected chi connectivity index (χ2v) is 2.88. The van der Waals surface area contributed by atoms with Gasteiger partial charge in [0, 0.05) is 36.5 Å². The Hall–Kier alpha value is -1.77. The van der Waals surface area contributed by atoms with Crippen LogP contribution in [0.4, 0.5) is 5.69 Å². The molecule has 2 rings (SSSR count). The Morgan fingerprint density at radius 3 is 2.69 bits per heavy atom. The second-order valence-electron chi connectivity index (χ2n) is 2.88. The summed E-state index contributed by atoms with van der Waals surface area (Å²) < 4.78 is 0. The van der Waals surface area contributed by atoms with E-state index in [4.69, 9.17) is 5.73 Å². The van der Waals surface area contributed by atoms with Crippen molar-refractivity contribution in [3.8, 4) is 0 Å². The van der Waals surface area contributed by atoms with Crippen molar-refractivity contribution in [3.63, 3.8) is 0 Å². The summed E-state index contributed by atoms with van der Waals surface area (Å²) in [5.74, 6) is 0. The van der Waals surface area contributed by atoms with E-state index in [1.54, 1.807) is 12.4 Å². The number of hydrogen-bond donors (Lipinski definition) is 1. The first-order chi connectivity index (χ1) is 6.36. The molecule has 0 radical (unpaired) electrons. The van der Waals surface area contributed by atoms with E-state index in [0.29, 0.717) is 0 Å². The molecule has 0 aliphatic carbocycles. The molecular formula is C10H11N3. The van der Waals surface area contributed by atoms with Gasteiger partial charge in [0.15, 0.2) is 0 Å². The Morgan fingerprint density at radius 2 is 2.08 bits per heavy atom. The van der Waals surface area contributed by atoms with Gasteiger partial charge < -0.3 is 10.6 Å². The molecule has 1 aliphatic rings. The molecule has 0 amide bonds. The van der Waals surface area contributed by atoms with Crippen LogP contribution in [0.5, 0.6) is 0 Å². The number of nitrogens with two attached hydrogens (primary N) is 1. The number of hydrogen-bond acceptors (Lipinski definition) is 3. The summed E-state index contributed by atoms with van der Waals surface area (Å²) in [7, 11) is 0. The molecule has 13 heavy (non-hydrogen) atoms. The van der Waals surface area contributed by atoms with Crippen LogP contribution in [-0.2, 0) is 0 Å². The van der Waals surface area contributed by atoms with E-state index in [9.17, 15) is 0 Å². The van der Waals surface area contributed by atoms with Crippen molar-refractivity contribution < 1.29 is 0 Å². The summed E-state index contributed by atoms with van der Waals surface area (Å²) in [5, 5.41) is 0.